The van der Waals surface area contributed by atoms with Gasteiger partial charge in [-0.25, -0.2) is 9.78 Å². The molecule has 7 heteroatoms. The number of pyridine rings is 1. The van der Waals surface area contributed by atoms with E-state index in [2.05, 4.69) is 16.4 Å². The number of aromatic nitrogens is 1. The Hall–Kier alpha value is -3.42. The quantitative estimate of drug-likeness (QED) is 0.492. The van der Waals surface area contributed by atoms with E-state index in [1.807, 2.05) is 24.3 Å². The average Bonchev–Trinajstić information content (AvgIpc) is 2.83. The zero-order valence-electron chi connectivity index (χ0n) is 18.0. The van der Waals surface area contributed by atoms with Gasteiger partial charge in [0.25, 0.3) is 0 Å². The van der Waals surface area contributed by atoms with Crippen LogP contribution in [0.2, 0.25) is 0 Å². The van der Waals surface area contributed by atoms with Crippen LogP contribution in [0.3, 0.4) is 0 Å². The van der Waals surface area contributed by atoms with Gasteiger partial charge in [0.05, 0.1) is 18.8 Å². The number of anilines is 1. The number of fused-ring (bicyclic) bond motifs is 1. The number of hydrogen-bond donors (Lipinski definition) is 3. The number of methoxy groups -OCH3 is 1. The first-order chi connectivity index (χ1) is 15.5. The van der Waals surface area contributed by atoms with E-state index < -0.39 is 6.10 Å². The maximum Gasteiger partial charge on any atom is 0.337 e. The van der Waals surface area contributed by atoms with E-state index in [4.69, 9.17) is 15.2 Å². The fourth-order valence-corrected chi connectivity index (χ4v) is 3.80. The highest BCUT2D eigenvalue weighted by atomic mass is 16.5. The number of carbonyl (C=O) groups excluding carboxylic acids is 1. The van der Waals surface area contributed by atoms with Gasteiger partial charge < -0.3 is 25.6 Å². The van der Waals surface area contributed by atoms with Crippen molar-refractivity contribution in [2.24, 2.45) is 0 Å². The standard InChI is InChI=1S/C25H27N3O4/c1-31-25(30)17-4-2-16(3-5-17)18-7-10-23-19(12-18)6-9-21(32-23)14-27-15-22(29)20-8-11-24(26)28-13-20/h2-5,7-8,10-13,21-22,27,29H,6,9,14-15H2,1H3,(H2,26,28)/t21-,22-/m1/s1. The van der Waals surface area contributed by atoms with Crippen LogP contribution in [0.15, 0.2) is 60.8 Å². The highest BCUT2D eigenvalue weighted by molar-refractivity contribution is 5.90. The van der Waals surface area contributed by atoms with Gasteiger partial charge in [-0.05, 0) is 59.9 Å². The van der Waals surface area contributed by atoms with Crippen molar-refractivity contribution in [1.29, 1.82) is 0 Å². The van der Waals surface area contributed by atoms with Crippen molar-refractivity contribution in [3.8, 4) is 16.9 Å². The first kappa shape index (κ1) is 21.8. The van der Waals surface area contributed by atoms with Gasteiger partial charge in [-0.15, -0.1) is 0 Å². The lowest BCUT2D eigenvalue weighted by atomic mass is 9.96. The molecular formula is C25H27N3O4. The molecule has 0 saturated heterocycles. The van der Waals surface area contributed by atoms with Gasteiger partial charge in [-0.1, -0.05) is 24.3 Å². The van der Waals surface area contributed by atoms with E-state index in [0.717, 1.165) is 35.3 Å². The summed E-state index contributed by atoms with van der Waals surface area (Å²) >= 11 is 0. The molecule has 0 fully saturated rings. The molecule has 4 N–H and O–H groups in total. The van der Waals surface area contributed by atoms with Crippen LogP contribution in [0.25, 0.3) is 11.1 Å². The molecule has 32 heavy (non-hydrogen) atoms. The maximum atomic E-state index is 11.6. The Morgan fingerprint density at radius 3 is 2.72 bits per heavy atom. The van der Waals surface area contributed by atoms with Crippen LogP contribution in [0.1, 0.15) is 34.0 Å². The molecule has 1 aromatic heterocycles. The predicted molar refractivity (Wildman–Crippen MR) is 122 cm³/mol. The number of nitrogens with one attached hydrogen (secondary N) is 1. The Bertz CT molecular complexity index is 1070. The summed E-state index contributed by atoms with van der Waals surface area (Å²) in [5, 5.41) is 13.6. The number of esters is 1. The first-order valence-corrected chi connectivity index (χ1v) is 10.6. The van der Waals surface area contributed by atoms with Crippen LogP contribution in [-0.2, 0) is 11.2 Å². The molecule has 0 radical (unpaired) electrons. The van der Waals surface area contributed by atoms with Crippen molar-refractivity contribution < 1.29 is 19.4 Å². The molecule has 2 heterocycles. The molecule has 1 aliphatic heterocycles. The molecule has 0 spiro atoms. The van der Waals surface area contributed by atoms with Crippen molar-refractivity contribution >= 4 is 11.8 Å². The van der Waals surface area contributed by atoms with Gasteiger partial charge in [0.1, 0.15) is 17.7 Å². The third-order valence-corrected chi connectivity index (χ3v) is 5.63. The number of aryl methyl sites for hydroxylation is 1. The normalized spacial score (nSPS) is 16.0. The minimum atomic E-state index is -0.646. The Kier molecular flexibility index (Phi) is 6.68. The number of rotatable bonds is 7. The van der Waals surface area contributed by atoms with Crippen molar-refractivity contribution in [1.82, 2.24) is 10.3 Å². The highest BCUT2D eigenvalue weighted by Gasteiger charge is 2.20. The molecular weight excluding hydrogens is 406 g/mol. The number of nitrogens with two attached hydrogens (primary N) is 1. The summed E-state index contributed by atoms with van der Waals surface area (Å²) in [5.74, 6) is 0.985. The lowest BCUT2D eigenvalue weighted by Crippen LogP contribution is -2.36. The first-order valence-electron chi connectivity index (χ1n) is 10.6. The average molecular weight is 434 g/mol. The SMILES string of the molecule is COC(=O)c1ccc(-c2ccc3c(c2)CC[C@H](CNC[C@@H](O)c2ccc(N)nc2)O3)cc1. The van der Waals surface area contributed by atoms with E-state index in [1.165, 1.54) is 12.7 Å². The smallest absolute Gasteiger partial charge is 0.337 e. The van der Waals surface area contributed by atoms with E-state index in [0.29, 0.717) is 24.5 Å². The summed E-state index contributed by atoms with van der Waals surface area (Å²) in [7, 11) is 1.38. The summed E-state index contributed by atoms with van der Waals surface area (Å²) in [4.78, 5) is 15.6. The number of ether oxygens (including phenoxy) is 2. The Balaban J connectivity index is 1.32. The molecule has 0 saturated carbocycles. The van der Waals surface area contributed by atoms with Crippen molar-refractivity contribution in [2.45, 2.75) is 25.0 Å². The highest BCUT2D eigenvalue weighted by Crippen LogP contribution is 2.32. The summed E-state index contributed by atoms with van der Waals surface area (Å²) in [6.45, 7) is 1.06. The number of benzene rings is 2. The number of aliphatic hydroxyl groups is 1. The molecule has 0 bridgehead atoms. The number of aliphatic hydroxyl groups excluding tert-OH is 1. The third kappa shape index (κ3) is 5.07. The number of carbonyl (C=O) groups is 1. The van der Waals surface area contributed by atoms with Gasteiger partial charge in [0.15, 0.2) is 0 Å². The van der Waals surface area contributed by atoms with Gasteiger partial charge in [-0.3, -0.25) is 0 Å². The summed E-state index contributed by atoms with van der Waals surface area (Å²) in [5.41, 5.74) is 10.1. The lowest BCUT2D eigenvalue weighted by Gasteiger charge is -2.27. The molecule has 2 aromatic carbocycles. The second-order valence-corrected chi connectivity index (χ2v) is 7.86. The molecule has 0 unspecified atom stereocenters. The summed E-state index contributed by atoms with van der Waals surface area (Å²) < 4.78 is 10.9. The topological polar surface area (TPSA) is 107 Å². The van der Waals surface area contributed by atoms with Crippen LogP contribution < -0.4 is 15.8 Å². The van der Waals surface area contributed by atoms with Gasteiger partial charge in [-0.2, -0.15) is 0 Å². The third-order valence-electron chi connectivity index (χ3n) is 5.63. The van der Waals surface area contributed by atoms with Crippen molar-refractivity contribution in [3.63, 3.8) is 0 Å². The number of nitrogen functional groups attached to an aromatic ring is 1. The van der Waals surface area contributed by atoms with Gasteiger partial charge in [0, 0.05) is 24.8 Å². The minimum Gasteiger partial charge on any atom is -0.489 e. The molecule has 3 aromatic rings. The molecule has 1 aliphatic rings. The van der Waals surface area contributed by atoms with Crippen LogP contribution >= 0.6 is 0 Å². The van der Waals surface area contributed by atoms with E-state index in [-0.39, 0.29) is 12.1 Å². The van der Waals surface area contributed by atoms with E-state index in [9.17, 15) is 9.90 Å². The predicted octanol–water partition coefficient (Wildman–Crippen LogP) is 3.13. The van der Waals surface area contributed by atoms with Crippen molar-refractivity contribution in [3.05, 3.63) is 77.5 Å². The molecule has 0 amide bonds. The van der Waals surface area contributed by atoms with Gasteiger partial charge in [0.2, 0.25) is 0 Å². The Morgan fingerprint density at radius 1 is 1.22 bits per heavy atom. The second kappa shape index (κ2) is 9.80. The van der Waals surface area contributed by atoms with Crippen LogP contribution in [-0.4, -0.2) is 42.4 Å². The summed E-state index contributed by atoms with van der Waals surface area (Å²) in [6, 6.07) is 17.0. The molecule has 7 nitrogen and oxygen atoms in total. The summed E-state index contributed by atoms with van der Waals surface area (Å²) in [6.07, 6.45) is 2.80. The van der Waals surface area contributed by atoms with Crippen LogP contribution in [0, 0.1) is 0 Å². The Labute approximate surface area is 187 Å². The minimum absolute atomic E-state index is 0.0458. The van der Waals surface area contributed by atoms with E-state index in [1.54, 1.807) is 30.5 Å². The van der Waals surface area contributed by atoms with Crippen molar-refractivity contribution in [2.75, 3.05) is 25.9 Å². The fraction of sp³-hybridized carbons (Fsp3) is 0.280. The van der Waals surface area contributed by atoms with Crippen LogP contribution in [0.5, 0.6) is 5.75 Å². The largest absolute Gasteiger partial charge is 0.489 e. The van der Waals surface area contributed by atoms with E-state index >= 15 is 0 Å². The monoisotopic (exact) mass is 433 g/mol. The molecule has 4 rings (SSSR count). The number of hydrogen-bond acceptors (Lipinski definition) is 7. The van der Waals surface area contributed by atoms with Gasteiger partial charge >= 0.3 is 5.97 Å². The maximum absolute atomic E-state index is 11.6. The zero-order valence-corrected chi connectivity index (χ0v) is 18.0. The fourth-order valence-electron chi connectivity index (χ4n) is 3.80. The zero-order chi connectivity index (χ0) is 22.5. The number of nitrogens with zero attached hydrogens (tertiary/aromatic N) is 1. The second-order valence-electron chi connectivity index (χ2n) is 7.86. The molecule has 0 aliphatic carbocycles. The molecule has 2 atom stereocenters. The molecule has 166 valence electrons. The van der Waals surface area contributed by atoms with Crippen LogP contribution in [0.4, 0.5) is 5.82 Å². The Morgan fingerprint density at radius 2 is 2.00 bits per heavy atom. The lowest BCUT2D eigenvalue weighted by molar-refractivity contribution is 0.0600.